The highest BCUT2D eigenvalue weighted by molar-refractivity contribution is 5.71. The molecule has 0 aliphatic rings. The largest absolute Gasteiger partial charge is 0.462 e. The number of rotatable bonds is 44. The second-order valence-electron chi connectivity index (χ2n) is 16.5. The van der Waals surface area contributed by atoms with E-state index in [1.165, 1.54) is 116 Å². The molecule has 6 heteroatoms. The number of carbonyl (C=O) groups is 3. The van der Waals surface area contributed by atoms with E-state index in [0.29, 0.717) is 19.3 Å². The number of hydrogen-bond donors (Lipinski definition) is 0. The predicted molar refractivity (Wildman–Crippen MR) is 261 cm³/mol. The van der Waals surface area contributed by atoms with Crippen LogP contribution in [0.1, 0.15) is 226 Å². The van der Waals surface area contributed by atoms with Crippen molar-refractivity contribution >= 4 is 17.9 Å². The maximum atomic E-state index is 12.8. The summed E-state index contributed by atoms with van der Waals surface area (Å²) in [6.07, 6.45) is 62.9. The van der Waals surface area contributed by atoms with Crippen LogP contribution in [0.5, 0.6) is 0 Å². The Morgan fingerprint density at radius 1 is 0.344 bits per heavy atom. The third-order valence-electron chi connectivity index (χ3n) is 10.5. The average molecular weight is 849 g/mol. The fraction of sp³-hybridized carbons (Fsp3) is 0.691. The highest BCUT2D eigenvalue weighted by Gasteiger charge is 2.19. The van der Waals surface area contributed by atoms with Gasteiger partial charge in [0.25, 0.3) is 0 Å². The van der Waals surface area contributed by atoms with Crippen LogP contribution in [0.15, 0.2) is 85.1 Å². The Morgan fingerprint density at radius 2 is 0.656 bits per heavy atom. The Morgan fingerprint density at radius 3 is 1.10 bits per heavy atom. The van der Waals surface area contributed by atoms with Crippen LogP contribution in [0, 0.1) is 0 Å². The van der Waals surface area contributed by atoms with Crippen molar-refractivity contribution in [2.75, 3.05) is 13.2 Å². The zero-order chi connectivity index (χ0) is 44.4. The van der Waals surface area contributed by atoms with Gasteiger partial charge in [0, 0.05) is 19.3 Å². The first-order chi connectivity index (χ1) is 30.0. The normalized spacial score (nSPS) is 12.8. The first kappa shape index (κ1) is 57.6. The lowest BCUT2D eigenvalue weighted by molar-refractivity contribution is -0.167. The van der Waals surface area contributed by atoms with E-state index in [0.717, 1.165) is 64.2 Å². The molecule has 0 N–H and O–H groups in total. The van der Waals surface area contributed by atoms with Crippen LogP contribution in [0.25, 0.3) is 0 Å². The first-order valence-corrected chi connectivity index (χ1v) is 25.2. The summed E-state index contributed by atoms with van der Waals surface area (Å²) in [7, 11) is 0. The van der Waals surface area contributed by atoms with Crippen LogP contribution in [-0.4, -0.2) is 37.2 Å². The lowest BCUT2D eigenvalue weighted by atomic mass is 10.0. The molecule has 0 heterocycles. The van der Waals surface area contributed by atoms with Gasteiger partial charge in [-0.05, 0) is 57.8 Å². The highest BCUT2D eigenvalue weighted by Crippen LogP contribution is 2.15. The Kier molecular flexibility index (Phi) is 46.5. The molecule has 0 radical (unpaired) electrons. The standard InChI is InChI=1S/C55H92O6/c1-4-7-10-13-16-19-22-25-27-28-31-33-36-39-42-45-48-54(57)60-51-52(50-59-53(56)47-44-41-38-35-32-29-24-21-18-15-12-9-6-3)61-55(58)49-46-43-40-37-34-30-26-23-20-17-14-11-8-5-2/h9,12,15,18,21,24,27-29,31-33,35,38,52H,4-8,10-11,13-14,16-17,19-20,22-23,25-26,30,34,36-37,39-51H2,1-3H3/b12-9-,18-15-,24-21-,28-27-,32-29-,33-31-,38-35-. The van der Waals surface area contributed by atoms with Crippen LogP contribution in [0.2, 0.25) is 0 Å². The van der Waals surface area contributed by atoms with Crippen LogP contribution in [0.3, 0.4) is 0 Å². The quantitative estimate of drug-likeness (QED) is 0.0263. The van der Waals surface area contributed by atoms with Crippen LogP contribution < -0.4 is 0 Å². The molecule has 0 aromatic carbocycles. The van der Waals surface area contributed by atoms with Gasteiger partial charge < -0.3 is 14.2 Å². The molecule has 1 atom stereocenters. The molecule has 0 bridgehead atoms. The number of unbranched alkanes of at least 4 members (excludes halogenated alkanes) is 24. The van der Waals surface area contributed by atoms with Crippen LogP contribution in [-0.2, 0) is 28.6 Å². The van der Waals surface area contributed by atoms with E-state index in [4.69, 9.17) is 14.2 Å². The Hall–Kier alpha value is -3.41. The summed E-state index contributed by atoms with van der Waals surface area (Å²) >= 11 is 0. The number of esters is 3. The van der Waals surface area contributed by atoms with E-state index in [9.17, 15) is 14.4 Å². The summed E-state index contributed by atoms with van der Waals surface area (Å²) < 4.78 is 16.7. The second-order valence-corrected chi connectivity index (χ2v) is 16.5. The van der Waals surface area contributed by atoms with Gasteiger partial charge in [-0.2, -0.15) is 0 Å². The first-order valence-electron chi connectivity index (χ1n) is 25.2. The van der Waals surface area contributed by atoms with Gasteiger partial charge in [0.2, 0.25) is 0 Å². The van der Waals surface area contributed by atoms with E-state index in [-0.39, 0.29) is 37.5 Å². The molecule has 0 aromatic rings. The maximum Gasteiger partial charge on any atom is 0.306 e. The fourth-order valence-corrected chi connectivity index (χ4v) is 6.76. The molecule has 6 nitrogen and oxygen atoms in total. The topological polar surface area (TPSA) is 78.9 Å². The smallest absolute Gasteiger partial charge is 0.306 e. The van der Waals surface area contributed by atoms with Crippen LogP contribution in [0.4, 0.5) is 0 Å². The molecule has 0 saturated carbocycles. The van der Waals surface area contributed by atoms with Gasteiger partial charge in [0.05, 0.1) is 0 Å². The third-order valence-corrected chi connectivity index (χ3v) is 10.5. The lowest BCUT2D eigenvalue weighted by Gasteiger charge is -2.18. The van der Waals surface area contributed by atoms with Gasteiger partial charge in [0.1, 0.15) is 13.2 Å². The van der Waals surface area contributed by atoms with Crippen LogP contribution >= 0.6 is 0 Å². The molecular weight excluding hydrogens is 757 g/mol. The Labute approximate surface area is 375 Å². The van der Waals surface area contributed by atoms with Crippen molar-refractivity contribution in [2.45, 2.75) is 232 Å². The summed E-state index contributed by atoms with van der Waals surface area (Å²) in [6, 6.07) is 0. The molecule has 0 fully saturated rings. The maximum absolute atomic E-state index is 12.8. The highest BCUT2D eigenvalue weighted by atomic mass is 16.6. The van der Waals surface area contributed by atoms with E-state index in [1.54, 1.807) is 0 Å². The van der Waals surface area contributed by atoms with Crippen molar-refractivity contribution in [3.05, 3.63) is 85.1 Å². The number of carbonyl (C=O) groups excluding carboxylic acids is 3. The monoisotopic (exact) mass is 849 g/mol. The molecule has 61 heavy (non-hydrogen) atoms. The van der Waals surface area contributed by atoms with Gasteiger partial charge in [-0.15, -0.1) is 0 Å². The van der Waals surface area contributed by atoms with E-state index >= 15 is 0 Å². The van der Waals surface area contributed by atoms with Gasteiger partial charge in [-0.1, -0.05) is 234 Å². The molecule has 1 unspecified atom stereocenters. The summed E-state index contributed by atoms with van der Waals surface area (Å²) in [4.78, 5) is 37.9. The summed E-state index contributed by atoms with van der Waals surface area (Å²) in [5, 5.41) is 0. The van der Waals surface area contributed by atoms with Crippen molar-refractivity contribution in [2.24, 2.45) is 0 Å². The minimum Gasteiger partial charge on any atom is -0.462 e. The van der Waals surface area contributed by atoms with Gasteiger partial charge in [0.15, 0.2) is 6.10 Å². The summed E-state index contributed by atoms with van der Waals surface area (Å²) in [5.74, 6) is -1.01. The van der Waals surface area contributed by atoms with Crippen molar-refractivity contribution < 1.29 is 28.6 Å². The zero-order valence-corrected chi connectivity index (χ0v) is 39.7. The number of ether oxygens (including phenoxy) is 3. The van der Waals surface area contributed by atoms with E-state index < -0.39 is 6.10 Å². The van der Waals surface area contributed by atoms with Gasteiger partial charge >= 0.3 is 17.9 Å². The minimum atomic E-state index is -0.813. The van der Waals surface area contributed by atoms with Gasteiger partial charge in [-0.25, -0.2) is 0 Å². The number of hydrogen-bond acceptors (Lipinski definition) is 6. The minimum absolute atomic E-state index is 0.112. The van der Waals surface area contributed by atoms with E-state index in [1.807, 2.05) is 54.7 Å². The molecule has 0 aliphatic carbocycles. The average Bonchev–Trinajstić information content (AvgIpc) is 3.26. The van der Waals surface area contributed by atoms with Gasteiger partial charge in [-0.3, -0.25) is 14.4 Å². The van der Waals surface area contributed by atoms with Crippen molar-refractivity contribution in [1.82, 2.24) is 0 Å². The predicted octanol–water partition coefficient (Wildman–Crippen LogP) is 16.4. The third kappa shape index (κ3) is 47.5. The molecule has 0 aromatic heterocycles. The van der Waals surface area contributed by atoms with Crippen molar-refractivity contribution in [3.63, 3.8) is 0 Å². The molecule has 0 saturated heterocycles. The second kappa shape index (κ2) is 49.2. The Balaban J connectivity index is 4.51. The Bertz CT molecular complexity index is 1200. The SMILES string of the molecule is CC\C=C/C=C\C=C/C=C\C=C/CCCC(=O)OCC(COC(=O)CCCCC/C=C\C=C/CCCCCCCCC)OC(=O)CCCCCCCCCCCCCCCC. The molecule has 348 valence electrons. The zero-order valence-electron chi connectivity index (χ0n) is 39.7. The molecule has 0 amide bonds. The molecule has 0 aliphatic heterocycles. The molecule has 0 rings (SSSR count). The van der Waals surface area contributed by atoms with Crippen molar-refractivity contribution in [1.29, 1.82) is 0 Å². The molecular formula is C55H92O6. The summed E-state index contributed by atoms with van der Waals surface area (Å²) in [6.45, 7) is 6.40. The number of allylic oxidation sites excluding steroid dienone is 14. The summed E-state index contributed by atoms with van der Waals surface area (Å²) in [5.41, 5.74) is 0. The molecule has 0 spiro atoms. The lowest BCUT2D eigenvalue weighted by Crippen LogP contribution is -2.30. The fourth-order valence-electron chi connectivity index (χ4n) is 6.76. The van der Waals surface area contributed by atoms with Crippen molar-refractivity contribution in [3.8, 4) is 0 Å². The van der Waals surface area contributed by atoms with E-state index in [2.05, 4.69) is 51.2 Å².